The molecule has 0 amide bonds. The molecule has 0 aliphatic heterocycles. The maximum atomic E-state index is 12.1. The molecule has 8 nitrogen and oxygen atoms in total. The van der Waals surface area contributed by atoms with Gasteiger partial charge in [-0.25, -0.2) is 0 Å². The van der Waals surface area contributed by atoms with Gasteiger partial charge in [0.05, 0.1) is 0 Å². The van der Waals surface area contributed by atoms with Gasteiger partial charge in [0.1, 0.15) is 18.1 Å². The number of hydrogen-bond acceptors (Lipinski definition) is 8. The van der Waals surface area contributed by atoms with Crippen LogP contribution in [0.3, 0.4) is 0 Å². The summed E-state index contributed by atoms with van der Waals surface area (Å²) >= 11 is 0. The summed E-state index contributed by atoms with van der Waals surface area (Å²) in [7, 11) is 0. The zero-order valence-electron chi connectivity index (χ0n) is 19.3. The molecule has 0 aromatic heterocycles. The van der Waals surface area contributed by atoms with Crippen LogP contribution < -0.4 is 0 Å². The van der Waals surface area contributed by atoms with Crippen molar-refractivity contribution in [3.8, 4) is 0 Å². The molecule has 172 valence electrons. The van der Waals surface area contributed by atoms with Crippen LogP contribution in [0.5, 0.6) is 0 Å². The fourth-order valence-electron chi connectivity index (χ4n) is 6.11. The molecule has 2 saturated carbocycles. The number of hydrogen-bond donors (Lipinski definition) is 0. The number of esters is 4. The second kappa shape index (κ2) is 7.95. The van der Waals surface area contributed by atoms with Crippen LogP contribution in [-0.4, -0.2) is 48.8 Å². The predicted molar refractivity (Wildman–Crippen MR) is 108 cm³/mol. The first-order valence-corrected chi connectivity index (χ1v) is 10.7. The van der Waals surface area contributed by atoms with Crippen molar-refractivity contribution in [1.82, 2.24) is 0 Å². The highest BCUT2D eigenvalue weighted by Crippen LogP contribution is 2.66. The Morgan fingerprint density at radius 3 is 1.90 bits per heavy atom. The third-order valence-corrected chi connectivity index (χ3v) is 6.92. The van der Waals surface area contributed by atoms with Gasteiger partial charge in [0, 0.05) is 33.6 Å². The molecule has 0 unspecified atom stereocenters. The van der Waals surface area contributed by atoms with E-state index in [0.29, 0.717) is 0 Å². The summed E-state index contributed by atoms with van der Waals surface area (Å²) in [6, 6.07) is 0. The molecule has 0 aromatic rings. The number of rotatable bonds is 5. The summed E-state index contributed by atoms with van der Waals surface area (Å²) in [6.07, 6.45) is -0.718. The van der Waals surface area contributed by atoms with Crippen LogP contribution in [0.1, 0.15) is 61.3 Å². The maximum absolute atomic E-state index is 12.1. The van der Waals surface area contributed by atoms with Crippen LogP contribution in [0.2, 0.25) is 0 Å². The lowest BCUT2D eigenvalue weighted by Crippen LogP contribution is -2.72. The minimum absolute atomic E-state index is 0.00974. The lowest BCUT2D eigenvalue weighted by Gasteiger charge is -2.61. The number of carbonyl (C=O) groups is 4. The molecule has 3 aliphatic rings. The second-order valence-corrected chi connectivity index (χ2v) is 9.85. The lowest BCUT2D eigenvalue weighted by atomic mass is 9.49. The van der Waals surface area contributed by atoms with Gasteiger partial charge in [-0.15, -0.1) is 0 Å². The zero-order valence-corrected chi connectivity index (χ0v) is 19.3. The van der Waals surface area contributed by atoms with Gasteiger partial charge in [0.15, 0.2) is 12.2 Å². The summed E-state index contributed by atoms with van der Waals surface area (Å²) in [5.41, 5.74) is 0.686. The van der Waals surface area contributed by atoms with Crippen LogP contribution in [-0.2, 0) is 38.1 Å². The molecular weight excluding hydrogens is 404 g/mol. The summed E-state index contributed by atoms with van der Waals surface area (Å²) < 4.78 is 22.5. The average Bonchev–Trinajstić information content (AvgIpc) is 2.94. The largest absolute Gasteiger partial charge is 0.465 e. The molecule has 0 bridgehead atoms. The number of allylic oxidation sites excluding steroid dienone is 1. The van der Waals surface area contributed by atoms with Crippen LogP contribution >= 0.6 is 0 Å². The van der Waals surface area contributed by atoms with E-state index in [1.807, 2.05) is 6.92 Å². The Hall–Kier alpha value is -2.38. The van der Waals surface area contributed by atoms with Crippen molar-refractivity contribution in [2.75, 3.05) is 6.61 Å². The first kappa shape index (κ1) is 23.3. The van der Waals surface area contributed by atoms with Gasteiger partial charge in [0.2, 0.25) is 0 Å². The average molecular weight is 437 g/mol. The van der Waals surface area contributed by atoms with Gasteiger partial charge in [-0.2, -0.15) is 0 Å². The highest BCUT2D eigenvalue weighted by Gasteiger charge is 2.73. The van der Waals surface area contributed by atoms with Gasteiger partial charge in [-0.3, -0.25) is 19.2 Å². The molecule has 0 N–H and O–H groups in total. The van der Waals surface area contributed by atoms with Crippen LogP contribution in [0, 0.1) is 22.7 Å². The molecule has 0 radical (unpaired) electrons. The summed E-state index contributed by atoms with van der Waals surface area (Å²) in [5.74, 6) is -1.95. The molecule has 0 saturated heterocycles. The lowest BCUT2D eigenvalue weighted by molar-refractivity contribution is -0.233. The van der Waals surface area contributed by atoms with Crippen molar-refractivity contribution < 1.29 is 38.1 Å². The molecule has 0 aromatic carbocycles. The summed E-state index contributed by atoms with van der Waals surface area (Å²) in [6.45, 7) is 11.4. The Morgan fingerprint density at radius 1 is 0.839 bits per heavy atom. The van der Waals surface area contributed by atoms with Gasteiger partial charge >= 0.3 is 23.9 Å². The Labute approximate surface area is 182 Å². The van der Waals surface area contributed by atoms with E-state index >= 15 is 0 Å². The van der Waals surface area contributed by atoms with Gasteiger partial charge in [0.25, 0.3) is 0 Å². The van der Waals surface area contributed by atoms with Crippen LogP contribution in [0.25, 0.3) is 0 Å². The van der Waals surface area contributed by atoms with E-state index < -0.39 is 47.6 Å². The highest BCUT2D eigenvalue weighted by molar-refractivity contribution is 5.71. The molecule has 31 heavy (non-hydrogen) atoms. The third kappa shape index (κ3) is 3.96. The summed E-state index contributed by atoms with van der Waals surface area (Å²) in [5, 5.41) is 0. The van der Waals surface area contributed by atoms with E-state index in [1.165, 1.54) is 27.7 Å². The molecule has 8 heteroatoms. The number of carbonyl (C=O) groups excluding carboxylic acids is 4. The van der Waals surface area contributed by atoms with Crippen LogP contribution in [0.15, 0.2) is 11.1 Å². The van der Waals surface area contributed by atoms with E-state index in [2.05, 4.69) is 13.8 Å². The third-order valence-electron chi connectivity index (χ3n) is 6.92. The van der Waals surface area contributed by atoms with Crippen molar-refractivity contribution >= 4 is 23.9 Å². The van der Waals surface area contributed by atoms with Crippen molar-refractivity contribution in [3.05, 3.63) is 11.1 Å². The Balaban J connectivity index is 2.20. The molecule has 2 fully saturated rings. The Kier molecular flexibility index (Phi) is 5.97. The fraction of sp³-hybridized carbons (Fsp3) is 0.739. The standard InChI is InChI=1S/C23H32O8/c1-11-16-8-22(6,7)9-17(16)20(30-14(4)26)23(10-28-12(2)24)18(11)19(29-13(3)25)21(23)31-15(5)27/h16-17,19-21H,8-10H2,1-7H3/t16-,17-,19+,20+,21+,23-/m1/s1. The number of ether oxygens (including phenoxy) is 4. The van der Waals surface area contributed by atoms with Gasteiger partial charge in [-0.05, 0) is 36.7 Å². The SMILES string of the molecule is CC(=O)OC[C@@]12C(=C(C)[C@H]3CC(C)(C)C[C@H]3[C@@H]1OC(C)=O)[C@H](OC(C)=O)[C@@H]2OC(C)=O. The predicted octanol–water partition coefficient (Wildman–Crippen LogP) is 2.73. The van der Waals surface area contributed by atoms with E-state index in [1.54, 1.807) is 0 Å². The minimum Gasteiger partial charge on any atom is -0.465 e. The van der Waals surface area contributed by atoms with E-state index in [9.17, 15) is 19.2 Å². The van der Waals surface area contributed by atoms with Crippen molar-refractivity contribution in [2.45, 2.75) is 79.6 Å². The Bertz CT molecular complexity index is 841. The normalized spacial score (nSPS) is 35.3. The topological polar surface area (TPSA) is 105 Å². The van der Waals surface area contributed by atoms with Crippen molar-refractivity contribution in [2.24, 2.45) is 22.7 Å². The van der Waals surface area contributed by atoms with E-state index in [4.69, 9.17) is 18.9 Å². The van der Waals surface area contributed by atoms with E-state index in [0.717, 1.165) is 24.0 Å². The van der Waals surface area contributed by atoms with Gasteiger partial charge in [-0.1, -0.05) is 19.4 Å². The van der Waals surface area contributed by atoms with Crippen molar-refractivity contribution in [1.29, 1.82) is 0 Å². The molecule has 3 aliphatic carbocycles. The fourth-order valence-corrected chi connectivity index (χ4v) is 6.11. The van der Waals surface area contributed by atoms with Crippen molar-refractivity contribution in [3.63, 3.8) is 0 Å². The van der Waals surface area contributed by atoms with E-state index in [-0.39, 0.29) is 23.9 Å². The quantitative estimate of drug-likeness (QED) is 0.368. The number of fused-ring (bicyclic) bond motifs is 2. The highest BCUT2D eigenvalue weighted by atomic mass is 16.6. The van der Waals surface area contributed by atoms with Crippen LogP contribution in [0.4, 0.5) is 0 Å². The zero-order chi connectivity index (χ0) is 23.3. The molecule has 3 rings (SSSR count). The Morgan fingerprint density at radius 2 is 1.39 bits per heavy atom. The maximum Gasteiger partial charge on any atom is 0.303 e. The first-order valence-electron chi connectivity index (χ1n) is 10.7. The second-order valence-electron chi connectivity index (χ2n) is 9.85. The smallest absolute Gasteiger partial charge is 0.303 e. The molecular formula is C23H32O8. The first-order chi connectivity index (χ1) is 14.3. The van der Waals surface area contributed by atoms with Gasteiger partial charge < -0.3 is 18.9 Å². The summed E-state index contributed by atoms with van der Waals surface area (Å²) in [4.78, 5) is 47.7. The molecule has 6 atom stereocenters. The molecule has 0 spiro atoms. The minimum atomic E-state index is -1.09. The monoisotopic (exact) mass is 436 g/mol. The molecule has 0 heterocycles.